The van der Waals surface area contributed by atoms with E-state index >= 15 is 0 Å². The molecule has 0 unspecified atom stereocenters. The lowest BCUT2D eigenvalue weighted by Gasteiger charge is -2.44. The molecule has 1 saturated carbocycles. The van der Waals surface area contributed by atoms with Crippen molar-refractivity contribution < 1.29 is 5.11 Å². The van der Waals surface area contributed by atoms with Gasteiger partial charge in [-0.05, 0) is 40.0 Å². The highest BCUT2D eigenvalue weighted by Gasteiger charge is 2.33. The molecule has 1 saturated heterocycles. The van der Waals surface area contributed by atoms with Crippen LogP contribution in [0.3, 0.4) is 0 Å². The van der Waals surface area contributed by atoms with E-state index in [4.69, 9.17) is 0 Å². The Morgan fingerprint density at radius 3 is 2.54 bits per heavy atom. The maximum Gasteiger partial charge on any atom is 0.0641 e. The van der Waals surface area contributed by atoms with Crippen molar-refractivity contribution in [1.29, 1.82) is 0 Å². The minimum absolute atomic E-state index is 0.299. The van der Waals surface area contributed by atoms with Gasteiger partial charge in [-0.3, -0.25) is 14.5 Å². The first kappa shape index (κ1) is 17.9. The molecular formula is C19H34N4O. The molecule has 0 bridgehead atoms. The van der Waals surface area contributed by atoms with Crippen LogP contribution in [0.25, 0.3) is 0 Å². The van der Waals surface area contributed by atoms with Crippen LogP contribution in [0.2, 0.25) is 0 Å². The average Bonchev–Trinajstić information content (AvgIpc) is 3.19. The first-order chi connectivity index (χ1) is 11.6. The lowest BCUT2D eigenvalue weighted by molar-refractivity contribution is 0.0266. The Labute approximate surface area is 146 Å². The smallest absolute Gasteiger partial charge is 0.0641 e. The molecule has 5 nitrogen and oxygen atoms in total. The number of hydrogen-bond acceptors (Lipinski definition) is 4. The third kappa shape index (κ3) is 3.68. The predicted molar refractivity (Wildman–Crippen MR) is 97.1 cm³/mol. The van der Waals surface area contributed by atoms with Gasteiger partial charge in [0.05, 0.1) is 5.69 Å². The minimum Gasteiger partial charge on any atom is -0.396 e. The van der Waals surface area contributed by atoms with Gasteiger partial charge in [-0.2, -0.15) is 5.10 Å². The summed E-state index contributed by atoms with van der Waals surface area (Å²) in [6.07, 6.45) is 6.36. The number of aliphatic hydroxyl groups excluding tert-OH is 1. The van der Waals surface area contributed by atoms with Crippen molar-refractivity contribution >= 4 is 0 Å². The fourth-order valence-corrected chi connectivity index (χ4v) is 4.69. The summed E-state index contributed by atoms with van der Waals surface area (Å²) in [6, 6.07) is 1.27. The molecule has 2 aliphatic rings. The molecule has 1 aromatic heterocycles. The first-order valence-electron chi connectivity index (χ1n) is 9.75. The topological polar surface area (TPSA) is 44.5 Å². The Balaban J connectivity index is 1.67. The highest BCUT2D eigenvalue weighted by atomic mass is 16.3. The molecule has 136 valence electrons. The van der Waals surface area contributed by atoms with Crippen LogP contribution >= 0.6 is 0 Å². The Morgan fingerprint density at radius 2 is 1.92 bits per heavy atom. The van der Waals surface area contributed by atoms with E-state index in [1.165, 1.54) is 42.6 Å². The number of piperazine rings is 1. The zero-order valence-corrected chi connectivity index (χ0v) is 15.7. The normalized spacial score (nSPS) is 24.1. The Kier molecular flexibility index (Phi) is 5.95. The quantitative estimate of drug-likeness (QED) is 0.867. The van der Waals surface area contributed by atoms with E-state index in [9.17, 15) is 5.11 Å². The van der Waals surface area contributed by atoms with Crippen molar-refractivity contribution in [2.24, 2.45) is 0 Å². The number of rotatable bonds is 6. The molecule has 1 atom stereocenters. The Hall–Kier alpha value is -0.910. The molecule has 1 aliphatic heterocycles. The molecule has 2 fully saturated rings. The molecule has 0 amide bonds. The summed E-state index contributed by atoms with van der Waals surface area (Å²) in [5, 5.41) is 14.2. The van der Waals surface area contributed by atoms with Gasteiger partial charge in [0.2, 0.25) is 0 Å². The first-order valence-corrected chi connectivity index (χ1v) is 9.75. The Bertz CT molecular complexity index is 536. The third-order valence-electron chi connectivity index (χ3n) is 6.08. The molecule has 3 rings (SSSR count). The van der Waals surface area contributed by atoms with Gasteiger partial charge in [0.15, 0.2) is 0 Å². The van der Waals surface area contributed by atoms with Gasteiger partial charge >= 0.3 is 0 Å². The van der Waals surface area contributed by atoms with Crippen LogP contribution < -0.4 is 0 Å². The summed E-state index contributed by atoms with van der Waals surface area (Å²) in [7, 11) is 0. The molecule has 0 aromatic carbocycles. The highest BCUT2D eigenvalue weighted by Crippen LogP contribution is 2.28. The van der Waals surface area contributed by atoms with E-state index in [0.29, 0.717) is 12.6 Å². The van der Waals surface area contributed by atoms with Gasteiger partial charge in [0.25, 0.3) is 0 Å². The van der Waals surface area contributed by atoms with E-state index in [1.807, 2.05) is 0 Å². The maximum absolute atomic E-state index is 9.52. The van der Waals surface area contributed by atoms with Crippen molar-refractivity contribution in [2.75, 3.05) is 26.2 Å². The van der Waals surface area contributed by atoms with Gasteiger partial charge in [-0.1, -0.05) is 12.8 Å². The lowest BCUT2D eigenvalue weighted by atomic mass is 10.0. The molecule has 2 heterocycles. The fraction of sp³-hybridized carbons (Fsp3) is 0.842. The largest absolute Gasteiger partial charge is 0.396 e. The standard InChI is InChI=1S/C19H34N4O/c1-4-23-16(3)19(15(2)20-23)14-21-10-11-22(17-7-5-6-8-17)18(13-21)9-12-24/h17-18,24H,4-14H2,1-3H3/t18-/m1/s1. The van der Waals surface area contributed by atoms with Gasteiger partial charge in [0, 0.05) is 62.7 Å². The van der Waals surface area contributed by atoms with Crippen molar-refractivity contribution in [1.82, 2.24) is 19.6 Å². The van der Waals surface area contributed by atoms with Crippen LogP contribution in [-0.4, -0.2) is 63.0 Å². The molecule has 1 aliphatic carbocycles. The maximum atomic E-state index is 9.52. The van der Waals surface area contributed by atoms with Crippen LogP contribution in [0.15, 0.2) is 0 Å². The lowest BCUT2D eigenvalue weighted by Crippen LogP contribution is -2.56. The molecule has 24 heavy (non-hydrogen) atoms. The zero-order chi connectivity index (χ0) is 17.1. The predicted octanol–water partition coefficient (Wildman–Crippen LogP) is 2.33. The average molecular weight is 335 g/mol. The monoisotopic (exact) mass is 334 g/mol. The van der Waals surface area contributed by atoms with E-state index in [2.05, 4.69) is 40.4 Å². The van der Waals surface area contributed by atoms with Crippen LogP contribution in [0, 0.1) is 13.8 Å². The molecular weight excluding hydrogens is 300 g/mol. The second-order valence-electron chi connectivity index (χ2n) is 7.54. The van der Waals surface area contributed by atoms with E-state index in [-0.39, 0.29) is 0 Å². The number of aliphatic hydroxyl groups is 1. The zero-order valence-electron chi connectivity index (χ0n) is 15.7. The van der Waals surface area contributed by atoms with Gasteiger partial charge < -0.3 is 5.11 Å². The van der Waals surface area contributed by atoms with Crippen molar-refractivity contribution in [3.05, 3.63) is 17.0 Å². The summed E-state index contributed by atoms with van der Waals surface area (Å²) in [5.41, 5.74) is 3.88. The van der Waals surface area contributed by atoms with Crippen molar-refractivity contribution in [3.8, 4) is 0 Å². The number of aryl methyl sites for hydroxylation is 2. The highest BCUT2D eigenvalue weighted by molar-refractivity contribution is 5.24. The van der Waals surface area contributed by atoms with E-state index in [0.717, 1.165) is 45.2 Å². The summed E-state index contributed by atoms with van der Waals surface area (Å²) < 4.78 is 2.12. The molecule has 5 heteroatoms. The van der Waals surface area contributed by atoms with E-state index in [1.54, 1.807) is 0 Å². The van der Waals surface area contributed by atoms with Crippen LogP contribution in [-0.2, 0) is 13.1 Å². The fourth-order valence-electron chi connectivity index (χ4n) is 4.69. The molecule has 0 radical (unpaired) electrons. The van der Waals surface area contributed by atoms with Crippen molar-refractivity contribution in [2.45, 2.75) is 78.0 Å². The van der Waals surface area contributed by atoms with E-state index < -0.39 is 0 Å². The SMILES string of the molecule is CCn1nc(C)c(CN2CCN(C3CCCC3)[C@H](CCO)C2)c1C. The number of nitrogens with zero attached hydrogens (tertiary/aromatic N) is 4. The summed E-state index contributed by atoms with van der Waals surface area (Å²) in [4.78, 5) is 5.28. The van der Waals surface area contributed by atoms with Gasteiger partial charge in [-0.15, -0.1) is 0 Å². The van der Waals surface area contributed by atoms with Crippen LogP contribution in [0.5, 0.6) is 0 Å². The Morgan fingerprint density at radius 1 is 1.17 bits per heavy atom. The summed E-state index contributed by atoms with van der Waals surface area (Å²) >= 11 is 0. The molecule has 1 aromatic rings. The second kappa shape index (κ2) is 7.98. The van der Waals surface area contributed by atoms with Crippen LogP contribution in [0.4, 0.5) is 0 Å². The van der Waals surface area contributed by atoms with Gasteiger partial charge in [-0.25, -0.2) is 0 Å². The molecule has 1 N–H and O–H groups in total. The summed E-state index contributed by atoms with van der Waals surface area (Å²) in [5.74, 6) is 0. The number of aromatic nitrogens is 2. The third-order valence-corrected chi connectivity index (χ3v) is 6.08. The van der Waals surface area contributed by atoms with Crippen molar-refractivity contribution in [3.63, 3.8) is 0 Å². The second-order valence-corrected chi connectivity index (χ2v) is 7.54. The minimum atomic E-state index is 0.299. The van der Waals surface area contributed by atoms with Crippen LogP contribution in [0.1, 0.15) is 56.0 Å². The number of hydrogen-bond donors (Lipinski definition) is 1. The summed E-state index contributed by atoms with van der Waals surface area (Å²) in [6.45, 7) is 12.1. The molecule has 0 spiro atoms. The van der Waals surface area contributed by atoms with Gasteiger partial charge in [0.1, 0.15) is 0 Å².